The zero-order chi connectivity index (χ0) is 10.3. The first-order chi connectivity index (χ1) is 6.66. The molecule has 0 spiro atoms. The van der Waals surface area contributed by atoms with Crippen molar-refractivity contribution in [2.75, 3.05) is 22.2 Å². The number of nitrogen functional groups attached to an aromatic ring is 1. The zero-order valence-corrected chi connectivity index (χ0v) is 8.57. The van der Waals surface area contributed by atoms with Gasteiger partial charge >= 0.3 is 0 Å². The minimum atomic E-state index is 0.180. The third-order valence-corrected chi connectivity index (χ3v) is 2.81. The van der Waals surface area contributed by atoms with Gasteiger partial charge in [0, 0.05) is 6.54 Å². The monoisotopic (exact) mass is 192 g/mol. The highest BCUT2D eigenvalue weighted by Gasteiger charge is 2.31. The van der Waals surface area contributed by atoms with Gasteiger partial charge in [0.1, 0.15) is 11.9 Å². The SMILES string of the molecule is CCN1c2cccc(N)c2N(N)[C@H]1C. The Bertz CT molecular complexity index is 350. The Morgan fingerprint density at radius 1 is 1.43 bits per heavy atom. The van der Waals surface area contributed by atoms with Crippen molar-refractivity contribution in [2.45, 2.75) is 20.0 Å². The van der Waals surface area contributed by atoms with E-state index >= 15 is 0 Å². The number of para-hydroxylation sites is 1. The summed E-state index contributed by atoms with van der Waals surface area (Å²) in [6.45, 7) is 5.12. The molecule has 0 saturated carbocycles. The molecule has 4 heteroatoms. The number of hydrogen-bond donors (Lipinski definition) is 2. The lowest BCUT2D eigenvalue weighted by Crippen LogP contribution is -2.44. The van der Waals surface area contributed by atoms with Gasteiger partial charge in [-0.15, -0.1) is 0 Å². The van der Waals surface area contributed by atoms with Crippen LogP contribution in [0.1, 0.15) is 13.8 Å². The maximum absolute atomic E-state index is 5.97. The number of anilines is 3. The summed E-state index contributed by atoms with van der Waals surface area (Å²) in [5.74, 6) is 5.97. The van der Waals surface area contributed by atoms with Gasteiger partial charge in [-0.1, -0.05) is 6.07 Å². The molecule has 1 aliphatic rings. The summed E-state index contributed by atoms with van der Waals surface area (Å²) in [6.07, 6.45) is 0.180. The van der Waals surface area contributed by atoms with E-state index < -0.39 is 0 Å². The van der Waals surface area contributed by atoms with E-state index in [1.165, 1.54) is 0 Å². The Morgan fingerprint density at radius 3 is 2.79 bits per heavy atom. The summed E-state index contributed by atoms with van der Waals surface area (Å²) < 4.78 is 0. The van der Waals surface area contributed by atoms with Gasteiger partial charge in [-0.25, -0.2) is 5.84 Å². The lowest BCUT2D eigenvalue weighted by molar-refractivity contribution is 0.647. The predicted octanol–water partition coefficient (Wildman–Crippen LogP) is 1.13. The van der Waals surface area contributed by atoms with Crippen LogP contribution in [0.2, 0.25) is 0 Å². The lowest BCUT2D eigenvalue weighted by Gasteiger charge is -2.25. The molecule has 2 rings (SSSR count). The first kappa shape index (κ1) is 9.15. The van der Waals surface area contributed by atoms with Crippen LogP contribution in [0, 0.1) is 0 Å². The van der Waals surface area contributed by atoms with Gasteiger partial charge in [0.25, 0.3) is 0 Å². The average Bonchev–Trinajstić information content (AvgIpc) is 2.41. The van der Waals surface area contributed by atoms with E-state index in [4.69, 9.17) is 11.6 Å². The van der Waals surface area contributed by atoms with Crippen LogP contribution >= 0.6 is 0 Å². The van der Waals surface area contributed by atoms with Crippen LogP contribution in [0.4, 0.5) is 17.1 Å². The molecule has 4 N–H and O–H groups in total. The second-order valence-electron chi connectivity index (χ2n) is 3.54. The predicted molar refractivity (Wildman–Crippen MR) is 60.0 cm³/mol. The smallest absolute Gasteiger partial charge is 0.113 e. The number of hydrogen-bond acceptors (Lipinski definition) is 4. The van der Waals surface area contributed by atoms with Crippen molar-refractivity contribution < 1.29 is 0 Å². The summed E-state index contributed by atoms with van der Waals surface area (Å²) in [5.41, 5.74) is 8.71. The molecule has 0 unspecified atom stereocenters. The molecule has 14 heavy (non-hydrogen) atoms. The fraction of sp³-hybridized carbons (Fsp3) is 0.400. The first-order valence-electron chi connectivity index (χ1n) is 4.86. The van der Waals surface area contributed by atoms with Crippen LogP contribution in [0.5, 0.6) is 0 Å². The van der Waals surface area contributed by atoms with Crippen LogP contribution in [-0.4, -0.2) is 12.7 Å². The van der Waals surface area contributed by atoms with E-state index in [-0.39, 0.29) is 6.17 Å². The van der Waals surface area contributed by atoms with Crippen molar-refractivity contribution in [3.8, 4) is 0 Å². The molecule has 1 heterocycles. The molecule has 0 saturated heterocycles. The number of benzene rings is 1. The summed E-state index contributed by atoms with van der Waals surface area (Å²) >= 11 is 0. The van der Waals surface area contributed by atoms with Gasteiger partial charge in [-0.2, -0.15) is 0 Å². The van der Waals surface area contributed by atoms with E-state index in [0.29, 0.717) is 0 Å². The van der Waals surface area contributed by atoms with Crippen LogP contribution in [0.15, 0.2) is 18.2 Å². The molecule has 76 valence electrons. The molecule has 0 fully saturated rings. The number of hydrazine groups is 1. The van der Waals surface area contributed by atoms with Crippen LogP contribution in [-0.2, 0) is 0 Å². The topological polar surface area (TPSA) is 58.5 Å². The normalized spacial score (nSPS) is 20.1. The fourth-order valence-electron chi connectivity index (χ4n) is 2.03. The molecular weight excluding hydrogens is 176 g/mol. The third kappa shape index (κ3) is 1.04. The molecule has 1 aromatic carbocycles. The fourth-order valence-corrected chi connectivity index (χ4v) is 2.03. The van der Waals surface area contributed by atoms with Gasteiger partial charge in [0.2, 0.25) is 0 Å². The Morgan fingerprint density at radius 2 is 2.14 bits per heavy atom. The van der Waals surface area contributed by atoms with Gasteiger partial charge in [-0.05, 0) is 26.0 Å². The van der Waals surface area contributed by atoms with Crippen molar-refractivity contribution in [2.24, 2.45) is 5.84 Å². The Balaban J connectivity index is 2.55. The van der Waals surface area contributed by atoms with E-state index in [0.717, 1.165) is 23.6 Å². The number of fused-ring (bicyclic) bond motifs is 1. The highest BCUT2D eigenvalue weighted by atomic mass is 15.5. The van der Waals surface area contributed by atoms with Crippen molar-refractivity contribution in [1.29, 1.82) is 0 Å². The molecular formula is C10H16N4. The van der Waals surface area contributed by atoms with E-state index in [1.54, 1.807) is 5.01 Å². The zero-order valence-electron chi connectivity index (χ0n) is 8.57. The second kappa shape index (κ2) is 3.06. The Labute approximate surface area is 84.1 Å². The summed E-state index contributed by atoms with van der Waals surface area (Å²) in [6, 6.07) is 5.89. The van der Waals surface area contributed by atoms with Crippen LogP contribution < -0.4 is 21.5 Å². The Hall–Kier alpha value is -1.42. The molecule has 1 aromatic rings. The molecule has 1 atom stereocenters. The van der Waals surface area contributed by atoms with Crippen LogP contribution in [0.25, 0.3) is 0 Å². The van der Waals surface area contributed by atoms with E-state index in [9.17, 15) is 0 Å². The van der Waals surface area contributed by atoms with Crippen molar-refractivity contribution in [3.63, 3.8) is 0 Å². The molecule has 4 nitrogen and oxygen atoms in total. The van der Waals surface area contributed by atoms with Gasteiger partial charge in [0.15, 0.2) is 0 Å². The highest BCUT2D eigenvalue weighted by molar-refractivity contribution is 5.86. The Kier molecular flexibility index (Phi) is 2.00. The van der Waals surface area contributed by atoms with E-state index in [2.05, 4.69) is 24.8 Å². The van der Waals surface area contributed by atoms with Gasteiger partial charge in [0.05, 0.1) is 11.4 Å². The molecule has 0 aliphatic carbocycles. The van der Waals surface area contributed by atoms with Gasteiger partial charge < -0.3 is 10.6 Å². The third-order valence-electron chi connectivity index (χ3n) is 2.81. The quantitative estimate of drug-likeness (QED) is 0.517. The minimum Gasteiger partial charge on any atom is -0.397 e. The van der Waals surface area contributed by atoms with Crippen molar-refractivity contribution in [3.05, 3.63) is 18.2 Å². The number of rotatable bonds is 1. The maximum Gasteiger partial charge on any atom is 0.113 e. The highest BCUT2D eigenvalue weighted by Crippen LogP contribution is 2.41. The van der Waals surface area contributed by atoms with Crippen molar-refractivity contribution >= 4 is 17.1 Å². The summed E-state index contributed by atoms with van der Waals surface area (Å²) in [4.78, 5) is 2.23. The van der Waals surface area contributed by atoms with Gasteiger partial charge in [-0.3, -0.25) is 5.01 Å². The molecule has 0 bridgehead atoms. The van der Waals surface area contributed by atoms with E-state index in [1.807, 2.05) is 12.1 Å². The maximum atomic E-state index is 5.97. The molecule has 0 aromatic heterocycles. The lowest BCUT2D eigenvalue weighted by atomic mass is 10.2. The second-order valence-corrected chi connectivity index (χ2v) is 3.54. The molecule has 1 aliphatic heterocycles. The summed E-state index contributed by atoms with van der Waals surface area (Å²) in [5, 5.41) is 1.73. The first-order valence-corrected chi connectivity index (χ1v) is 4.86. The minimum absolute atomic E-state index is 0.180. The largest absolute Gasteiger partial charge is 0.397 e. The molecule has 0 amide bonds. The standard InChI is InChI=1S/C10H16N4/c1-3-13-7(2)14(12)10-8(11)5-4-6-9(10)13/h4-7H,3,11-12H2,1-2H3/t7-/m0/s1. The van der Waals surface area contributed by atoms with Crippen molar-refractivity contribution in [1.82, 2.24) is 0 Å². The average molecular weight is 192 g/mol. The van der Waals surface area contributed by atoms with Crippen LogP contribution in [0.3, 0.4) is 0 Å². The number of nitrogens with zero attached hydrogens (tertiary/aromatic N) is 2. The number of nitrogens with two attached hydrogens (primary N) is 2. The summed E-state index contributed by atoms with van der Waals surface area (Å²) in [7, 11) is 0. The molecule has 0 radical (unpaired) electrons.